The largest absolute Gasteiger partial charge is 0.337 e. The molecule has 0 radical (unpaired) electrons. The number of carbonyl (C=O) groups is 1. The lowest BCUT2D eigenvalue weighted by Crippen LogP contribution is -2.32. The Kier molecular flexibility index (Phi) is 5.62. The number of carbonyl (C=O) groups excluding carboxylic acids is 1. The fraction of sp³-hybridized carbons (Fsp3) is 0.750. The molecule has 1 amide bonds. The number of aromatic amines is 1. The van der Waals surface area contributed by atoms with Crippen LogP contribution >= 0.6 is 0 Å². The summed E-state index contributed by atoms with van der Waals surface area (Å²) in [6.45, 7) is 6.15. The SMILES string of the molecule is CCCc1cc(C(=O)N2CCC[C@@H](CCC)CC2)n[nH]1. The van der Waals surface area contributed by atoms with Crippen LogP contribution in [0.15, 0.2) is 6.07 Å². The van der Waals surface area contributed by atoms with Gasteiger partial charge < -0.3 is 4.90 Å². The Morgan fingerprint density at radius 2 is 2.20 bits per heavy atom. The number of nitrogens with one attached hydrogen (secondary N) is 1. The van der Waals surface area contributed by atoms with E-state index in [0.29, 0.717) is 5.69 Å². The summed E-state index contributed by atoms with van der Waals surface area (Å²) in [6, 6.07) is 1.92. The van der Waals surface area contributed by atoms with Crippen LogP contribution in [0, 0.1) is 5.92 Å². The van der Waals surface area contributed by atoms with Crippen LogP contribution in [-0.2, 0) is 6.42 Å². The maximum absolute atomic E-state index is 12.5. The molecule has 0 spiro atoms. The minimum atomic E-state index is 0.0979. The minimum absolute atomic E-state index is 0.0979. The highest BCUT2D eigenvalue weighted by Gasteiger charge is 2.22. The second-order valence-corrected chi connectivity index (χ2v) is 5.91. The van der Waals surface area contributed by atoms with Gasteiger partial charge in [-0.3, -0.25) is 9.89 Å². The second-order valence-electron chi connectivity index (χ2n) is 5.91. The van der Waals surface area contributed by atoms with Crippen molar-refractivity contribution in [1.29, 1.82) is 0 Å². The number of amides is 1. The third kappa shape index (κ3) is 3.84. The van der Waals surface area contributed by atoms with Crippen LogP contribution in [0.5, 0.6) is 0 Å². The summed E-state index contributed by atoms with van der Waals surface area (Å²) >= 11 is 0. The van der Waals surface area contributed by atoms with E-state index >= 15 is 0 Å². The van der Waals surface area contributed by atoms with Crippen molar-refractivity contribution in [3.05, 3.63) is 17.5 Å². The average Bonchev–Trinajstić information content (AvgIpc) is 2.78. The number of nitrogens with zero attached hydrogens (tertiary/aromatic N) is 2. The summed E-state index contributed by atoms with van der Waals surface area (Å²) in [6.07, 6.45) is 8.11. The topological polar surface area (TPSA) is 49.0 Å². The van der Waals surface area contributed by atoms with E-state index in [4.69, 9.17) is 0 Å². The van der Waals surface area contributed by atoms with Gasteiger partial charge in [0.1, 0.15) is 5.69 Å². The first-order valence-corrected chi connectivity index (χ1v) is 8.08. The van der Waals surface area contributed by atoms with Crippen molar-refractivity contribution >= 4 is 5.91 Å². The standard InChI is InChI=1S/C16H27N3O/c1-3-6-13-8-5-10-19(11-9-13)16(20)15-12-14(7-4-2)17-18-15/h12-13H,3-11H2,1-2H3,(H,17,18)/t13-/m1/s1. The van der Waals surface area contributed by atoms with E-state index in [0.717, 1.165) is 50.4 Å². The molecule has 1 saturated heterocycles. The van der Waals surface area contributed by atoms with Gasteiger partial charge in [0.25, 0.3) is 5.91 Å². The molecule has 1 fully saturated rings. The third-order valence-electron chi connectivity index (χ3n) is 4.20. The second kappa shape index (κ2) is 7.46. The van der Waals surface area contributed by atoms with Gasteiger partial charge in [-0.05, 0) is 37.7 Å². The summed E-state index contributed by atoms with van der Waals surface area (Å²) in [5.41, 5.74) is 1.65. The van der Waals surface area contributed by atoms with Crippen molar-refractivity contribution in [3.63, 3.8) is 0 Å². The maximum atomic E-state index is 12.5. The minimum Gasteiger partial charge on any atom is -0.337 e. The zero-order valence-corrected chi connectivity index (χ0v) is 12.8. The molecule has 2 heterocycles. The van der Waals surface area contributed by atoms with Crippen molar-refractivity contribution in [2.75, 3.05) is 13.1 Å². The van der Waals surface area contributed by atoms with E-state index in [9.17, 15) is 4.79 Å². The molecule has 1 aliphatic rings. The zero-order valence-electron chi connectivity index (χ0n) is 12.8. The number of hydrogen-bond donors (Lipinski definition) is 1. The summed E-state index contributed by atoms with van der Waals surface area (Å²) < 4.78 is 0. The maximum Gasteiger partial charge on any atom is 0.274 e. The van der Waals surface area contributed by atoms with E-state index in [1.807, 2.05) is 11.0 Å². The van der Waals surface area contributed by atoms with Crippen molar-refractivity contribution in [2.45, 2.75) is 58.8 Å². The van der Waals surface area contributed by atoms with Crippen LogP contribution in [0.3, 0.4) is 0 Å². The fourth-order valence-corrected chi connectivity index (χ4v) is 3.10. The molecule has 1 aromatic heterocycles. The summed E-state index contributed by atoms with van der Waals surface area (Å²) in [4.78, 5) is 14.5. The smallest absolute Gasteiger partial charge is 0.274 e. The Morgan fingerprint density at radius 1 is 1.35 bits per heavy atom. The highest BCUT2D eigenvalue weighted by atomic mass is 16.2. The van der Waals surface area contributed by atoms with Gasteiger partial charge in [0, 0.05) is 18.8 Å². The quantitative estimate of drug-likeness (QED) is 0.896. The molecule has 0 unspecified atom stereocenters. The van der Waals surface area contributed by atoms with Crippen LogP contribution < -0.4 is 0 Å². The van der Waals surface area contributed by atoms with Crippen LogP contribution in [0.2, 0.25) is 0 Å². The lowest BCUT2D eigenvalue weighted by Gasteiger charge is -2.19. The Morgan fingerprint density at radius 3 is 2.95 bits per heavy atom. The van der Waals surface area contributed by atoms with Crippen LogP contribution in [0.25, 0.3) is 0 Å². The first-order valence-electron chi connectivity index (χ1n) is 8.08. The summed E-state index contributed by atoms with van der Waals surface area (Å²) in [7, 11) is 0. The zero-order chi connectivity index (χ0) is 14.4. The normalized spacial score (nSPS) is 19.9. The van der Waals surface area contributed by atoms with Crippen molar-refractivity contribution in [1.82, 2.24) is 15.1 Å². The number of aromatic nitrogens is 2. The molecule has 0 aliphatic carbocycles. The molecule has 0 saturated carbocycles. The van der Waals surface area contributed by atoms with Crippen molar-refractivity contribution in [2.24, 2.45) is 5.92 Å². The van der Waals surface area contributed by atoms with Gasteiger partial charge in [-0.2, -0.15) is 5.10 Å². The van der Waals surface area contributed by atoms with Gasteiger partial charge in [-0.1, -0.05) is 33.1 Å². The van der Waals surface area contributed by atoms with E-state index in [-0.39, 0.29) is 5.91 Å². The fourth-order valence-electron chi connectivity index (χ4n) is 3.10. The molecule has 4 nitrogen and oxygen atoms in total. The van der Waals surface area contributed by atoms with Crippen molar-refractivity contribution < 1.29 is 4.79 Å². The lowest BCUT2D eigenvalue weighted by molar-refractivity contribution is 0.0754. The molecule has 1 N–H and O–H groups in total. The molecular weight excluding hydrogens is 250 g/mol. The predicted molar refractivity (Wildman–Crippen MR) is 80.7 cm³/mol. The third-order valence-corrected chi connectivity index (χ3v) is 4.20. The molecule has 112 valence electrons. The molecule has 0 bridgehead atoms. The molecule has 2 rings (SSSR count). The molecule has 1 aliphatic heterocycles. The van der Waals surface area contributed by atoms with Gasteiger partial charge >= 0.3 is 0 Å². The van der Waals surface area contributed by atoms with Gasteiger partial charge in [0.05, 0.1) is 0 Å². The first-order chi connectivity index (χ1) is 9.74. The van der Waals surface area contributed by atoms with Gasteiger partial charge in [-0.25, -0.2) is 0 Å². The predicted octanol–water partition coefficient (Wildman–Crippen LogP) is 3.40. The molecule has 4 heteroatoms. The molecule has 0 aromatic carbocycles. The van der Waals surface area contributed by atoms with Gasteiger partial charge in [0.2, 0.25) is 0 Å². The molecule has 1 atom stereocenters. The summed E-state index contributed by atoms with van der Waals surface area (Å²) in [5.74, 6) is 0.897. The number of H-pyrrole nitrogens is 1. The van der Waals surface area contributed by atoms with Gasteiger partial charge in [0.15, 0.2) is 0 Å². The van der Waals surface area contributed by atoms with E-state index in [1.54, 1.807) is 0 Å². The highest BCUT2D eigenvalue weighted by Crippen LogP contribution is 2.22. The molecular formula is C16H27N3O. The average molecular weight is 277 g/mol. The molecule has 20 heavy (non-hydrogen) atoms. The number of hydrogen-bond acceptors (Lipinski definition) is 2. The van der Waals surface area contributed by atoms with E-state index < -0.39 is 0 Å². The van der Waals surface area contributed by atoms with Gasteiger partial charge in [-0.15, -0.1) is 0 Å². The first kappa shape index (κ1) is 15.1. The number of likely N-dealkylation sites (tertiary alicyclic amines) is 1. The Hall–Kier alpha value is -1.32. The van der Waals surface area contributed by atoms with Crippen LogP contribution in [0.4, 0.5) is 0 Å². The lowest BCUT2D eigenvalue weighted by atomic mass is 9.96. The van der Waals surface area contributed by atoms with Crippen LogP contribution in [0.1, 0.15) is 68.6 Å². The number of aryl methyl sites for hydroxylation is 1. The highest BCUT2D eigenvalue weighted by molar-refractivity contribution is 5.92. The Labute approximate surface area is 121 Å². The Balaban J connectivity index is 1.94. The van der Waals surface area contributed by atoms with Crippen molar-refractivity contribution in [3.8, 4) is 0 Å². The van der Waals surface area contributed by atoms with Crippen LogP contribution in [-0.4, -0.2) is 34.1 Å². The monoisotopic (exact) mass is 277 g/mol. The number of rotatable bonds is 5. The van der Waals surface area contributed by atoms with E-state index in [2.05, 4.69) is 24.0 Å². The molecule has 1 aromatic rings. The summed E-state index contributed by atoms with van der Waals surface area (Å²) in [5, 5.41) is 7.15. The Bertz CT molecular complexity index is 427. The van der Waals surface area contributed by atoms with E-state index in [1.165, 1.54) is 19.3 Å².